The number of aromatic nitrogens is 2. The minimum absolute atomic E-state index is 0.0629. The maximum atomic E-state index is 14.9. The van der Waals surface area contributed by atoms with Crippen LogP contribution >= 0.6 is 0 Å². The van der Waals surface area contributed by atoms with Crippen LogP contribution in [0, 0.1) is 5.82 Å². The van der Waals surface area contributed by atoms with Gasteiger partial charge < -0.3 is 20.2 Å². The third-order valence-corrected chi connectivity index (χ3v) is 7.19. The van der Waals surface area contributed by atoms with E-state index in [1.54, 1.807) is 20.0 Å². The van der Waals surface area contributed by atoms with Gasteiger partial charge in [-0.05, 0) is 44.4 Å². The van der Waals surface area contributed by atoms with Crippen LogP contribution in [0.1, 0.15) is 32.3 Å². The number of nitrogens with one attached hydrogen (secondary N) is 2. The van der Waals surface area contributed by atoms with Gasteiger partial charge in [0, 0.05) is 36.0 Å². The predicted molar refractivity (Wildman–Crippen MR) is 113 cm³/mol. The van der Waals surface area contributed by atoms with Crippen LogP contribution in [-0.2, 0) is 21.2 Å². The highest BCUT2D eigenvalue weighted by Crippen LogP contribution is 2.31. The van der Waals surface area contributed by atoms with Gasteiger partial charge in [-0.2, -0.15) is 4.31 Å². The highest BCUT2D eigenvalue weighted by molar-refractivity contribution is 7.89. The number of halogens is 1. The largest absolute Gasteiger partial charge is 0.481 e. The first-order chi connectivity index (χ1) is 14.6. The fourth-order valence-electron chi connectivity index (χ4n) is 3.71. The lowest BCUT2D eigenvalue weighted by atomic mass is 10.0. The number of hydrogen-bond acceptors (Lipinski definition) is 5. The van der Waals surface area contributed by atoms with Crippen molar-refractivity contribution < 1.29 is 27.8 Å². The number of nitrogens with zero attached hydrogens (tertiary/aromatic N) is 1. The van der Waals surface area contributed by atoms with E-state index in [2.05, 4.69) is 9.97 Å². The molecule has 3 rings (SSSR count). The Bertz CT molecular complexity index is 1300. The Morgan fingerprint density at radius 1 is 1.29 bits per heavy atom. The molecule has 0 bridgehead atoms. The van der Waals surface area contributed by atoms with Gasteiger partial charge in [0.15, 0.2) is 0 Å². The summed E-state index contributed by atoms with van der Waals surface area (Å²) >= 11 is 0. The molecular formula is C20H24FN3O6S. The molecular weight excluding hydrogens is 429 g/mol. The van der Waals surface area contributed by atoms with E-state index >= 15 is 0 Å². The van der Waals surface area contributed by atoms with Crippen molar-refractivity contribution in [2.75, 3.05) is 13.2 Å². The van der Waals surface area contributed by atoms with Gasteiger partial charge in [0.1, 0.15) is 16.2 Å². The van der Waals surface area contributed by atoms with Gasteiger partial charge in [0.25, 0.3) is 5.56 Å². The summed E-state index contributed by atoms with van der Waals surface area (Å²) in [6.45, 7) is 2.63. The van der Waals surface area contributed by atoms with Gasteiger partial charge in [-0.25, -0.2) is 12.8 Å². The molecule has 4 N–H and O–H groups in total. The molecule has 0 amide bonds. The normalized spacial score (nSPS) is 12.5. The number of benzene rings is 1. The zero-order valence-electron chi connectivity index (χ0n) is 17.1. The lowest BCUT2D eigenvalue weighted by molar-refractivity contribution is -0.137. The number of carboxylic acid groups (broad SMARTS) is 1. The second kappa shape index (κ2) is 8.77. The molecule has 31 heavy (non-hydrogen) atoms. The predicted octanol–water partition coefficient (Wildman–Crippen LogP) is 1.95. The van der Waals surface area contributed by atoms with Gasteiger partial charge in [0.05, 0.1) is 12.1 Å². The summed E-state index contributed by atoms with van der Waals surface area (Å²) in [4.78, 5) is 28.1. The van der Waals surface area contributed by atoms with Crippen molar-refractivity contribution in [2.24, 2.45) is 0 Å². The molecule has 0 saturated carbocycles. The van der Waals surface area contributed by atoms with E-state index in [-0.39, 0.29) is 24.0 Å². The summed E-state index contributed by atoms with van der Waals surface area (Å²) in [5.74, 6) is -1.97. The zero-order valence-corrected chi connectivity index (χ0v) is 17.9. The van der Waals surface area contributed by atoms with E-state index in [4.69, 9.17) is 5.11 Å². The summed E-state index contributed by atoms with van der Waals surface area (Å²) in [7, 11) is -4.27. The number of aryl methyl sites for hydroxylation is 1. The Morgan fingerprint density at radius 2 is 2.00 bits per heavy atom. The molecule has 1 aromatic carbocycles. The van der Waals surface area contributed by atoms with E-state index < -0.39 is 44.9 Å². The number of rotatable bonds is 9. The minimum atomic E-state index is -4.27. The third-order valence-electron chi connectivity index (χ3n) is 5.10. The van der Waals surface area contributed by atoms with Gasteiger partial charge >= 0.3 is 5.97 Å². The molecule has 0 aliphatic carbocycles. The SMILES string of the molecule is CC(C)N(CCO)S(=O)(=O)c1cc2c(cc1F)[nH]c(=O)c1[nH]cc(CCCC(=O)O)c12. The maximum Gasteiger partial charge on any atom is 0.303 e. The first-order valence-electron chi connectivity index (χ1n) is 9.78. The summed E-state index contributed by atoms with van der Waals surface area (Å²) in [5.41, 5.74) is 0.472. The topological polar surface area (TPSA) is 144 Å². The van der Waals surface area contributed by atoms with Crippen LogP contribution in [0.25, 0.3) is 21.8 Å². The molecule has 2 aromatic heterocycles. The third kappa shape index (κ3) is 4.34. The van der Waals surface area contributed by atoms with Crippen molar-refractivity contribution in [2.45, 2.75) is 44.0 Å². The zero-order chi connectivity index (χ0) is 22.9. The van der Waals surface area contributed by atoms with Crippen LogP contribution in [0.4, 0.5) is 4.39 Å². The first kappa shape index (κ1) is 22.9. The summed E-state index contributed by atoms with van der Waals surface area (Å²) in [5, 5.41) is 18.9. The van der Waals surface area contributed by atoms with E-state index in [0.717, 1.165) is 10.4 Å². The quantitative estimate of drug-likeness (QED) is 0.390. The van der Waals surface area contributed by atoms with Gasteiger partial charge in [-0.1, -0.05) is 0 Å². The molecule has 11 heteroatoms. The molecule has 0 aliphatic rings. The molecule has 2 heterocycles. The molecule has 0 fully saturated rings. The number of carboxylic acids is 1. The Balaban J connectivity index is 2.24. The van der Waals surface area contributed by atoms with Crippen molar-refractivity contribution in [3.05, 3.63) is 40.1 Å². The smallest absolute Gasteiger partial charge is 0.303 e. The number of sulfonamides is 1. The van der Waals surface area contributed by atoms with Crippen molar-refractivity contribution in [1.82, 2.24) is 14.3 Å². The van der Waals surface area contributed by atoms with Gasteiger partial charge in [-0.15, -0.1) is 0 Å². The number of pyridine rings is 1. The van der Waals surface area contributed by atoms with Crippen LogP contribution < -0.4 is 5.56 Å². The number of H-pyrrole nitrogens is 2. The Labute approximate surface area is 177 Å². The van der Waals surface area contributed by atoms with E-state index in [9.17, 15) is 27.5 Å². The fraction of sp³-hybridized carbons (Fsp3) is 0.400. The fourth-order valence-corrected chi connectivity index (χ4v) is 5.41. The van der Waals surface area contributed by atoms with Crippen LogP contribution in [0.15, 0.2) is 28.0 Å². The molecule has 9 nitrogen and oxygen atoms in total. The number of hydrogen-bond donors (Lipinski definition) is 4. The standard InChI is InChI=1S/C20H24FN3O6S/c1-11(2)24(6-7-25)31(29,30)16-8-13-15(9-14(16)21)23-20(28)19-18(13)12(10-22-19)4-3-5-17(26)27/h8-11,22,25H,3-7H2,1-2H3,(H,23,28)(H,26,27). The van der Waals surface area contributed by atoms with Gasteiger partial charge in [0.2, 0.25) is 10.0 Å². The lowest BCUT2D eigenvalue weighted by Gasteiger charge is -2.25. The van der Waals surface area contributed by atoms with E-state index in [1.807, 2.05) is 0 Å². The average molecular weight is 453 g/mol. The van der Waals surface area contributed by atoms with Gasteiger partial charge in [-0.3, -0.25) is 9.59 Å². The van der Waals surface area contributed by atoms with Crippen molar-refractivity contribution in [3.63, 3.8) is 0 Å². The van der Waals surface area contributed by atoms with Crippen molar-refractivity contribution in [3.8, 4) is 0 Å². The number of aromatic amines is 2. The maximum absolute atomic E-state index is 14.9. The highest BCUT2D eigenvalue weighted by atomic mass is 32.2. The summed E-state index contributed by atoms with van der Waals surface area (Å²) < 4.78 is 42.1. The summed E-state index contributed by atoms with van der Waals surface area (Å²) in [6, 6.07) is 1.63. The number of aliphatic carboxylic acids is 1. The highest BCUT2D eigenvalue weighted by Gasteiger charge is 2.30. The molecule has 0 atom stereocenters. The second-order valence-electron chi connectivity index (χ2n) is 7.53. The minimum Gasteiger partial charge on any atom is -0.481 e. The second-order valence-corrected chi connectivity index (χ2v) is 9.39. The average Bonchev–Trinajstić information content (AvgIpc) is 3.09. The van der Waals surface area contributed by atoms with E-state index in [1.165, 1.54) is 6.07 Å². The molecule has 0 aliphatic heterocycles. The van der Waals surface area contributed by atoms with Crippen molar-refractivity contribution in [1.29, 1.82) is 0 Å². The molecule has 0 radical (unpaired) electrons. The molecule has 0 saturated heterocycles. The number of aliphatic hydroxyl groups is 1. The first-order valence-corrected chi connectivity index (χ1v) is 11.2. The summed E-state index contributed by atoms with van der Waals surface area (Å²) in [6.07, 6.45) is 2.17. The number of aliphatic hydroxyl groups excluding tert-OH is 1. The Kier molecular flexibility index (Phi) is 6.48. The molecule has 3 aromatic rings. The Hall–Kier alpha value is -2.76. The monoisotopic (exact) mass is 453 g/mol. The van der Waals surface area contributed by atoms with Crippen LogP contribution in [0.2, 0.25) is 0 Å². The van der Waals surface area contributed by atoms with Crippen LogP contribution in [0.3, 0.4) is 0 Å². The molecule has 168 valence electrons. The molecule has 0 spiro atoms. The van der Waals surface area contributed by atoms with Crippen LogP contribution in [0.5, 0.6) is 0 Å². The number of fused-ring (bicyclic) bond motifs is 3. The molecule has 0 unspecified atom stereocenters. The number of carbonyl (C=O) groups is 1. The lowest BCUT2D eigenvalue weighted by Crippen LogP contribution is -2.39. The Morgan fingerprint density at radius 3 is 2.61 bits per heavy atom. The van der Waals surface area contributed by atoms with E-state index in [0.29, 0.717) is 29.2 Å². The van der Waals surface area contributed by atoms with Crippen LogP contribution in [-0.4, -0.2) is 58.1 Å². The van der Waals surface area contributed by atoms with Crippen molar-refractivity contribution >= 4 is 37.8 Å².